The summed E-state index contributed by atoms with van der Waals surface area (Å²) in [6.07, 6.45) is 4.65. The minimum atomic E-state index is -0.683. The average molecular weight is 891 g/mol. The maximum Gasteiger partial charge on any atom is 0.407 e. The second-order valence-electron chi connectivity index (χ2n) is 19.4. The van der Waals surface area contributed by atoms with E-state index in [1.165, 1.54) is 14.2 Å². The number of nitrogens with zero attached hydrogens (tertiary/aromatic N) is 4. The van der Waals surface area contributed by atoms with Crippen LogP contribution in [0.1, 0.15) is 90.0 Å². The number of fused-ring (bicyclic) bond motifs is 6. The number of carbonyl (C=O) groups excluding carboxylic acids is 4. The van der Waals surface area contributed by atoms with Crippen molar-refractivity contribution in [2.24, 2.45) is 23.7 Å². The van der Waals surface area contributed by atoms with Gasteiger partial charge in [-0.2, -0.15) is 0 Å². The van der Waals surface area contributed by atoms with Crippen molar-refractivity contribution in [3.63, 3.8) is 0 Å². The van der Waals surface area contributed by atoms with E-state index < -0.39 is 24.3 Å². The Bertz CT molecular complexity index is 2620. The van der Waals surface area contributed by atoms with E-state index in [1.54, 1.807) is 0 Å². The second-order valence-corrected chi connectivity index (χ2v) is 19.4. The molecule has 6 aromatic rings. The van der Waals surface area contributed by atoms with E-state index in [-0.39, 0.29) is 47.8 Å². The molecule has 4 amide bonds. The molecule has 4 aliphatic rings. The minimum Gasteiger partial charge on any atom is -0.453 e. The van der Waals surface area contributed by atoms with Gasteiger partial charge in [-0.1, -0.05) is 88.4 Å². The summed E-state index contributed by atoms with van der Waals surface area (Å²) in [6, 6.07) is 28.2. The van der Waals surface area contributed by atoms with Crippen LogP contribution in [0.15, 0.2) is 84.9 Å². The first kappa shape index (κ1) is 43.2. The lowest BCUT2D eigenvalue weighted by atomic mass is 9.95. The number of alkyl carbamates (subject to hydrolysis) is 2. The van der Waals surface area contributed by atoms with Gasteiger partial charge in [-0.05, 0) is 120 Å². The number of imidazole rings is 2. The van der Waals surface area contributed by atoms with E-state index in [0.717, 1.165) is 106 Å². The lowest BCUT2D eigenvalue weighted by molar-refractivity contribution is -0.140. The highest BCUT2D eigenvalue weighted by Gasteiger charge is 2.53. The highest BCUT2D eigenvalue weighted by molar-refractivity contribution is 5.89. The molecule has 4 N–H and O–H groups in total. The largest absolute Gasteiger partial charge is 0.453 e. The number of H-pyrrole nitrogens is 2. The standard InChI is InChI=1S/C52H58N8O6/c1-27(2)43(57-51(63)65-5)49(61)59-37-19-15-35(23-37)45(59)47-53-39-21-17-33(25-41(39)55-47)31-11-7-29(8-12-31)30-9-13-32(14-10-30)34-18-22-40-42(26-34)56-48(54-40)46-36-16-20-38(24-36)60(46)50(62)44(28(3)4)58-52(64)66-6/h7-14,17-18,21-22,25-28,35-38,43-46H,15-16,19-20,23-24H2,1-6H3,(H,53,55)(H,54,56)(H,57,63)(H,58,64). The van der Waals surface area contributed by atoms with Crippen LogP contribution in [0.3, 0.4) is 0 Å². The van der Waals surface area contributed by atoms with Gasteiger partial charge in [-0.15, -0.1) is 0 Å². The topological polar surface area (TPSA) is 175 Å². The molecule has 4 fully saturated rings. The zero-order valence-corrected chi connectivity index (χ0v) is 38.3. The number of carbonyl (C=O) groups is 4. The third-order valence-corrected chi connectivity index (χ3v) is 14.8. The molecule has 4 aromatic carbocycles. The number of amides is 4. The molecule has 0 spiro atoms. The molecule has 8 atom stereocenters. The normalized spacial score (nSPS) is 23.0. The number of hydrogen-bond donors (Lipinski definition) is 4. The molecular weight excluding hydrogens is 833 g/mol. The van der Waals surface area contributed by atoms with Crippen molar-refractivity contribution in [3.05, 3.63) is 96.6 Å². The molecule has 4 bridgehead atoms. The van der Waals surface area contributed by atoms with Crippen molar-refractivity contribution in [3.8, 4) is 33.4 Å². The Morgan fingerprint density at radius 1 is 0.545 bits per heavy atom. The van der Waals surface area contributed by atoms with Crippen molar-refractivity contribution in [1.82, 2.24) is 40.4 Å². The molecule has 14 heteroatoms. The van der Waals surface area contributed by atoms with Crippen LogP contribution in [0.25, 0.3) is 55.4 Å². The van der Waals surface area contributed by atoms with Crippen LogP contribution in [-0.2, 0) is 19.1 Å². The molecule has 342 valence electrons. The van der Waals surface area contributed by atoms with Gasteiger partial charge in [-0.3, -0.25) is 9.59 Å². The van der Waals surface area contributed by atoms with Gasteiger partial charge in [0.15, 0.2) is 0 Å². The number of nitrogens with one attached hydrogen (secondary N) is 4. The Kier molecular flexibility index (Phi) is 11.3. The monoisotopic (exact) mass is 890 g/mol. The number of aromatic amines is 2. The number of piperidine rings is 2. The molecule has 66 heavy (non-hydrogen) atoms. The van der Waals surface area contributed by atoms with E-state index >= 15 is 0 Å². The summed E-state index contributed by atoms with van der Waals surface area (Å²) in [5, 5.41) is 5.55. The molecule has 10 rings (SSSR count). The molecule has 14 nitrogen and oxygen atoms in total. The van der Waals surface area contributed by atoms with Crippen LogP contribution in [0.4, 0.5) is 9.59 Å². The molecule has 0 radical (unpaired) electrons. The predicted molar refractivity (Wildman–Crippen MR) is 252 cm³/mol. The Balaban J connectivity index is 0.836. The van der Waals surface area contributed by atoms with Gasteiger partial charge in [0.1, 0.15) is 23.7 Å². The fourth-order valence-corrected chi connectivity index (χ4v) is 11.4. The summed E-state index contributed by atoms with van der Waals surface area (Å²) in [5.41, 5.74) is 10.1. The van der Waals surface area contributed by atoms with E-state index in [4.69, 9.17) is 19.4 Å². The van der Waals surface area contributed by atoms with Crippen LogP contribution in [-0.4, -0.2) is 92.1 Å². The molecule has 4 heterocycles. The molecule has 8 unspecified atom stereocenters. The van der Waals surface area contributed by atoms with E-state index in [2.05, 4.69) is 93.4 Å². The average Bonchev–Trinajstić information content (AvgIpc) is 4.21. The first-order valence-corrected chi connectivity index (χ1v) is 23.4. The van der Waals surface area contributed by atoms with Gasteiger partial charge in [-0.25, -0.2) is 19.6 Å². The van der Waals surface area contributed by atoms with Crippen LogP contribution in [0.2, 0.25) is 0 Å². The Hall–Kier alpha value is -6.70. The maximum atomic E-state index is 14.0. The van der Waals surface area contributed by atoms with Gasteiger partial charge < -0.3 is 39.9 Å². The molecular formula is C52H58N8O6. The van der Waals surface area contributed by atoms with Gasteiger partial charge in [0.05, 0.1) is 48.4 Å². The lowest BCUT2D eigenvalue weighted by Crippen LogP contribution is -2.54. The van der Waals surface area contributed by atoms with E-state index in [1.807, 2.05) is 49.6 Å². The zero-order chi connectivity index (χ0) is 46.0. The summed E-state index contributed by atoms with van der Waals surface area (Å²) in [4.78, 5) is 73.6. The van der Waals surface area contributed by atoms with Crippen LogP contribution < -0.4 is 10.6 Å². The number of likely N-dealkylation sites (tertiary alicyclic amines) is 2. The molecule has 2 aliphatic carbocycles. The fraction of sp³-hybridized carbons (Fsp3) is 0.423. The fourth-order valence-electron chi connectivity index (χ4n) is 11.4. The van der Waals surface area contributed by atoms with Gasteiger partial charge in [0, 0.05) is 12.1 Å². The number of methoxy groups -OCH3 is 2. The highest BCUT2D eigenvalue weighted by atomic mass is 16.5. The number of aromatic nitrogens is 4. The second kappa shape index (κ2) is 17.3. The van der Waals surface area contributed by atoms with E-state index in [0.29, 0.717) is 11.8 Å². The van der Waals surface area contributed by atoms with Crippen molar-refractivity contribution in [1.29, 1.82) is 0 Å². The van der Waals surface area contributed by atoms with Crippen molar-refractivity contribution >= 4 is 46.1 Å². The third kappa shape index (κ3) is 7.73. The van der Waals surface area contributed by atoms with Crippen LogP contribution in [0.5, 0.6) is 0 Å². The van der Waals surface area contributed by atoms with Crippen molar-refractivity contribution in [2.75, 3.05) is 14.2 Å². The minimum absolute atomic E-state index is 0.0866. The first-order valence-electron chi connectivity index (χ1n) is 23.4. The summed E-state index contributed by atoms with van der Waals surface area (Å²) >= 11 is 0. The summed E-state index contributed by atoms with van der Waals surface area (Å²) in [7, 11) is 2.63. The molecule has 2 saturated carbocycles. The smallest absolute Gasteiger partial charge is 0.407 e. The Morgan fingerprint density at radius 2 is 0.894 bits per heavy atom. The lowest BCUT2D eigenvalue weighted by Gasteiger charge is -2.37. The molecule has 2 aliphatic heterocycles. The predicted octanol–water partition coefficient (Wildman–Crippen LogP) is 9.31. The Morgan fingerprint density at radius 3 is 1.24 bits per heavy atom. The van der Waals surface area contributed by atoms with E-state index in [9.17, 15) is 19.2 Å². The van der Waals surface area contributed by atoms with Gasteiger partial charge in [0.2, 0.25) is 11.8 Å². The maximum absolute atomic E-state index is 14.0. The highest BCUT2D eigenvalue weighted by Crippen LogP contribution is 2.51. The van der Waals surface area contributed by atoms with Crippen LogP contribution in [0, 0.1) is 23.7 Å². The number of rotatable bonds is 11. The SMILES string of the molecule is COC(=O)NC(C(=O)N1C2CCC(C2)C1c1nc2ccc(-c3ccc(-c4ccc(-c5ccc6nc(C7C8CCC(C8)N7C(=O)C(NC(=O)OC)C(C)C)[nH]c6c5)cc4)cc3)cc2[nH]1)C(C)C. The number of hydrogen-bond acceptors (Lipinski definition) is 8. The first-order chi connectivity index (χ1) is 31.9. The van der Waals surface area contributed by atoms with Crippen molar-refractivity contribution < 1.29 is 28.7 Å². The summed E-state index contributed by atoms with van der Waals surface area (Å²) in [6.45, 7) is 7.74. The Labute approximate surface area is 384 Å². The quantitative estimate of drug-likeness (QED) is 0.0996. The summed E-state index contributed by atoms with van der Waals surface area (Å²) < 4.78 is 9.69. The molecule has 2 aromatic heterocycles. The van der Waals surface area contributed by atoms with Crippen molar-refractivity contribution in [2.45, 2.75) is 102 Å². The van der Waals surface area contributed by atoms with Gasteiger partial charge >= 0.3 is 12.2 Å². The van der Waals surface area contributed by atoms with Crippen LogP contribution >= 0.6 is 0 Å². The number of ether oxygens (including phenoxy) is 2. The zero-order valence-electron chi connectivity index (χ0n) is 38.3. The van der Waals surface area contributed by atoms with Gasteiger partial charge in [0.25, 0.3) is 0 Å². The molecule has 2 saturated heterocycles. The number of benzene rings is 4. The third-order valence-electron chi connectivity index (χ3n) is 14.8. The summed E-state index contributed by atoms with van der Waals surface area (Å²) in [5.74, 6) is 1.83.